The van der Waals surface area contributed by atoms with Crippen molar-refractivity contribution in [3.8, 4) is 0 Å². The molecular weight excluding hydrogens is 541 g/mol. The van der Waals surface area contributed by atoms with Crippen molar-refractivity contribution in [1.29, 1.82) is 0 Å². The molecule has 3 fully saturated rings. The van der Waals surface area contributed by atoms with Gasteiger partial charge in [0, 0.05) is 69.8 Å². The number of likely N-dealkylation sites (tertiary alicyclic amines) is 1. The molecule has 1 aromatic rings. The number of ether oxygens (including phenoxy) is 2. The third-order valence-corrected chi connectivity index (χ3v) is 9.38. The first-order valence-electron chi connectivity index (χ1n) is 14.4. The highest BCUT2D eigenvalue weighted by atomic mass is 19.4. The topological polar surface area (TPSA) is 104 Å². The zero-order valence-electron chi connectivity index (χ0n) is 24.2. The zero-order chi connectivity index (χ0) is 29.7. The third kappa shape index (κ3) is 5.92. The molecule has 12 heteroatoms. The lowest BCUT2D eigenvalue weighted by Gasteiger charge is -2.37. The van der Waals surface area contributed by atoms with Gasteiger partial charge in [-0.05, 0) is 48.6 Å². The number of methoxy groups -OCH3 is 1. The lowest BCUT2D eigenvalue weighted by Crippen LogP contribution is -2.52. The second kappa shape index (κ2) is 11.0. The van der Waals surface area contributed by atoms with Gasteiger partial charge in [0.25, 0.3) is 0 Å². The molecule has 1 unspecified atom stereocenters. The van der Waals surface area contributed by atoms with Crippen LogP contribution in [-0.2, 0) is 33.4 Å². The molecule has 6 atom stereocenters. The van der Waals surface area contributed by atoms with E-state index in [0.29, 0.717) is 56.7 Å². The highest BCUT2D eigenvalue weighted by molar-refractivity contribution is 5.86. The van der Waals surface area contributed by atoms with Crippen LogP contribution in [0.5, 0.6) is 0 Å². The SMILES string of the molecule is CO[C@@H]1COCC[C@@H]1N[C@@H]1C[C@H]2C(CC(C)(C)C)N(C(=O)O)C[C@@]2(C(=O)N2CCc3ncc(C(F)(F)F)cc3C2)C1. The maximum Gasteiger partial charge on any atom is 0.417 e. The number of nitrogens with one attached hydrogen (secondary N) is 1. The second-order valence-corrected chi connectivity index (χ2v) is 13.4. The molecule has 0 spiro atoms. The van der Waals surface area contributed by atoms with Crippen molar-refractivity contribution in [2.24, 2.45) is 16.7 Å². The summed E-state index contributed by atoms with van der Waals surface area (Å²) in [5.41, 5.74) is -1.01. The summed E-state index contributed by atoms with van der Waals surface area (Å²) in [6.07, 6.45) is -2.03. The number of aromatic nitrogens is 1. The predicted molar refractivity (Wildman–Crippen MR) is 143 cm³/mol. The normalized spacial score (nSPS) is 32.1. The van der Waals surface area contributed by atoms with Crippen molar-refractivity contribution >= 4 is 12.0 Å². The van der Waals surface area contributed by atoms with Crippen LogP contribution >= 0.6 is 0 Å². The Morgan fingerprint density at radius 2 is 2.05 bits per heavy atom. The Bertz CT molecular complexity index is 1160. The lowest BCUT2D eigenvalue weighted by atomic mass is 9.73. The average molecular weight is 583 g/mol. The summed E-state index contributed by atoms with van der Waals surface area (Å²) in [6.45, 7) is 7.73. The van der Waals surface area contributed by atoms with E-state index in [1.807, 2.05) is 0 Å². The Labute approximate surface area is 238 Å². The maximum absolute atomic E-state index is 14.5. The first-order valence-corrected chi connectivity index (χ1v) is 14.4. The number of alkyl halides is 3. The number of hydrogen-bond acceptors (Lipinski definition) is 6. The summed E-state index contributed by atoms with van der Waals surface area (Å²) >= 11 is 0. The smallest absolute Gasteiger partial charge is 0.417 e. The molecule has 0 aromatic carbocycles. The second-order valence-electron chi connectivity index (χ2n) is 13.4. The fourth-order valence-corrected chi connectivity index (χ4v) is 7.59. The van der Waals surface area contributed by atoms with Crippen LogP contribution in [0.3, 0.4) is 0 Å². The Hall–Kier alpha value is -2.44. The number of fused-ring (bicyclic) bond motifs is 2. The number of hydrogen-bond donors (Lipinski definition) is 2. The molecule has 41 heavy (non-hydrogen) atoms. The summed E-state index contributed by atoms with van der Waals surface area (Å²) in [5, 5.41) is 13.9. The van der Waals surface area contributed by atoms with Crippen molar-refractivity contribution in [3.63, 3.8) is 0 Å². The standard InChI is InChI=1S/C29H41F3N4O5/c1-27(2,3)12-23-20-10-19(34-22-6-8-41-15-24(22)40-4)11-28(20,16-36(23)26(38)39)25(37)35-7-5-21-17(14-35)9-18(13-33-21)29(30,31)32/h9,13,19-20,22-24,34H,5-8,10-12,14-16H2,1-4H3,(H,38,39)/t19-,20+,22+,23?,24-,28+/m1/s1. The predicted octanol–water partition coefficient (Wildman–Crippen LogP) is 3.94. The minimum absolute atomic E-state index is 0.0281. The number of amides is 2. The van der Waals surface area contributed by atoms with Crippen molar-refractivity contribution < 1.29 is 37.3 Å². The largest absolute Gasteiger partial charge is 0.465 e. The number of pyridine rings is 1. The van der Waals surface area contributed by atoms with Gasteiger partial charge in [-0.2, -0.15) is 13.2 Å². The summed E-state index contributed by atoms with van der Waals surface area (Å²) in [7, 11) is 1.65. The van der Waals surface area contributed by atoms with Crippen LogP contribution in [0.15, 0.2) is 12.3 Å². The van der Waals surface area contributed by atoms with E-state index in [-0.39, 0.29) is 54.6 Å². The summed E-state index contributed by atoms with van der Waals surface area (Å²) < 4.78 is 51.5. The van der Waals surface area contributed by atoms with Crippen LogP contribution in [0.1, 0.15) is 63.3 Å². The van der Waals surface area contributed by atoms with E-state index in [9.17, 15) is 27.9 Å². The van der Waals surface area contributed by atoms with Gasteiger partial charge >= 0.3 is 12.3 Å². The van der Waals surface area contributed by atoms with Gasteiger partial charge < -0.3 is 29.7 Å². The number of carbonyl (C=O) groups is 2. The quantitative estimate of drug-likeness (QED) is 0.542. The summed E-state index contributed by atoms with van der Waals surface area (Å²) in [4.78, 5) is 34.1. The highest BCUT2D eigenvalue weighted by Crippen LogP contribution is 2.55. The van der Waals surface area contributed by atoms with Crippen molar-refractivity contribution in [2.45, 2.75) is 89.8 Å². The monoisotopic (exact) mass is 582 g/mol. The maximum atomic E-state index is 14.5. The van der Waals surface area contributed by atoms with E-state index in [4.69, 9.17) is 9.47 Å². The molecule has 2 N–H and O–H groups in total. The van der Waals surface area contributed by atoms with Crippen molar-refractivity contribution in [1.82, 2.24) is 20.1 Å². The van der Waals surface area contributed by atoms with Gasteiger partial charge in [-0.25, -0.2) is 4.79 Å². The molecule has 1 saturated carbocycles. The number of nitrogens with zero attached hydrogens (tertiary/aromatic N) is 3. The van der Waals surface area contributed by atoms with Crippen LogP contribution in [0.2, 0.25) is 0 Å². The van der Waals surface area contributed by atoms with Gasteiger partial charge in [0.1, 0.15) is 0 Å². The van der Waals surface area contributed by atoms with Crippen LogP contribution in [-0.4, -0.2) is 89.5 Å². The minimum atomic E-state index is -4.53. The van der Waals surface area contributed by atoms with Crippen LogP contribution in [0.4, 0.5) is 18.0 Å². The molecule has 5 rings (SSSR count). The molecule has 228 valence electrons. The van der Waals surface area contributed by atoms with E-state index in [0.717, 1.165) is 18.7 Å². The fraction of sp³-hybridized carbons (Fsp3) is 0.759. The van der Waals surface area contributed by atoms with Gasteiger partial charge in [0.2, 0.25) is 5.91 Å². The van der Waals surface area contributed by atoms with E-state index in [1.165, 1.54) is 4.90 Å². The van der Waals surface area contributed by atoms with Gasteiger partial charge in [-0.3, -0.25) is 9.78 Å². The number of carbonyl (C=O) groups excluding carboxylic acids is 1. The van der Waals surface area contributed by atoms with E-state index >= 15 is 0 Å². The molecule has 3 aliphatic heterocycles. The van der Waals surface area contributed by atoms with E-state index in [2.05, 4.69) is 31.1 Å². The number of rotatable bonds is 5. The summed E-state index contributed by atoms with van der Waals surface area (Å²) in [5.74, 6) is -0.391. The number of carboxylic acid groups (broad SMARTS) is 1. The first-order chi connectivity index (χ1) is 19.2. The Kier molecular flexibility index (Phi) is 8.06. The highest BCUT2D eigenvalue weighted by Gasteiger charge is 2.64. The fourth-order valence-electron chi connectivity index (χ4n) is 7.59. The molecular formula is C29H41F3N4O5. The van der Waals surface area contributed by atoms with Gasteiger partial charge in [0.15, 0.2) is 0 Å². The molecule has 2 saturated heterocycles. The Morgan fingerprint density at radius 1 is 1.29 bits per heavy atom. The van der Waals surface area contributed by atoms with Crippen LogP contribution < -0.4 is 5.32 Å². The molecule has 9 nitrogen and oxygen atoms in total. The van der Waals surface area contributed by atoms with Crippen molar-refractivity contribution in [3.05, 3.63) is 29.1 Å². The van der Waals surface area contributed by atoms with E-state index in [1.54, 1.807) is 12.0 Å². The number of halogens is 3. The van der Waals surface area contributed by atoms with Gasteiger partial charge in [0.05, 0.1) is 23.7 Å². The minimum Gasteiger partial charge on any atom is -0.465 e. The van der Waals surface area contributed by atoms with Crippen LogP contribution in [0, 0.1) is 16.7 Å². The summed E-state index contributed by atoms with van der Waals surface area (Å²) in [6, 6.07) is 0.771. The third-order valence-electron chi connectivity index (χ3n) is 9.38. The van der Waals surface area contributed by atoms with Crippen molar-refractivity contribution in [2.75, 3.05) is 33.4 Å². The Morgan fingerprint density at radius 3 is 2.71 bits per heavy atom. The lowest BCUT2D eigenvalue weighted by molar-refractivity contribution is -0.144. The molecule has 1 aromatic heterocycles. The van der Waals surface area contributed by atoms with Crippen LogP contribution in [0.25, 0.3) is 0 Å². The molecule has 0 radical (unpaired) electrons. The van der Waals surface area contributed by atoms with E-state index < -0.39 is 23.2 Å². The molecule has 1 aliphatic carbocycles. The molecule has 4 aliphatic rings. The Balaban J connectivity index is 1.45. The van der Waals surface area contributed by atoms with Gasteiger partial charge in [-0.15, -0.1) is 0 Å². The molecule has 0 bridgehead atoms. The average Bonchev–Trinajstić information content (AvgIpc) is 3.41. The van der Waals surface area contributed by atoms with Gasteiger partial charge in [-0.1, -0.05) is 20.8 Å². The zero-order valence-corrected chi connectivity index (χ0v) is 24.2. The first kappa shape index (κ1) is 30.0. The molecule has 2 amide bonds. The molecule has 4 heterocycles.